The maximum absolute atomic E-state index is 14.7. The molecule has 140 heavy (non-hydrogen) atoms. The lowest BCUT2D eigenvalue weighted by molar-refractivity contribution is -0.142. The summed E-state index contributed by atoms with van der Waals surface area (Å²) in [5.41, 5.74) is 17.4. The fraction of sp³-hybridized carbons (Fsp3) is 0.674. The van der Waals surface area contributed by atoms with Crippen LogP contribution < -0.4 is 118 Å². The number of nitrogens with one attached hydrogen (secondary N) is 21. The number of hydrogen-bond acceptors (Lipinski definition) is 25. The number of aliphatic hydroxyl groups is 2. The van der Waals surface area contributed by atoms with Gasteiger partial charge in [-0.2, -0.15) is 0 Å². The number of carbonyl (C=O) groups is 20. The lowest BCUT2D eigenvalue weighted by atomic mass is 9.95. The number of H-pyrrole nitrogens is 1. The second-order valence-electron chi connectivity index (χ2n) is 38.0. The Morgan fingerprint density at radius 2 is 0.693 bits per heavy atom. The largest absolute Gasteiger partial charge is 0.480 e. The summed E-state index contributed by atoms with van der Waals surface area (Å²) in [5, 5.41) is 86.2. The summed E-state index contributed by atoms with van der Waals surface area (Å²) in [5.74, 6) is -20.9. The smallest absolute Gasteiger partial charge is 0.326 e. The van der Waals surface area contributed by atoms with E-state index in [9.17, 15) is 111 Å². The summed E-state index contributed by atoms with van der Waals surface area (Å²) in [6, 6.07) is -18.2. The molecule has 0 bridgehead atoms. The third-order valence-electron chi connectivity index (χ3n) is 22.3. The van der Waals surface area contributed by atoms with Crippen LogP contribution in [-0.2, 0) is 109 Å². The number of benzene rings is 1. The molecule has 0 aliphatic heterocycles. The van der Waals surface area contributed by atoms with Crippen molar-refractivity contribution in [1.82, 2.24) is 111 Å². The quantitative estimate of drug-likeness (QED) is 0.0168. The van der Waals surface area contributed by atoms with E-state index >= 15 is 0 Å². The Morgan fingerprint density at radius 3 is 1.09 bits per heavy atom. The predicted octanol–water partition coefficient (Wildman–Crippen LogP) is -4.71. The first-order valence-electron chi connectivity index (χ1n) is 47.4. The van der Waals surface area contributed by atoms with Gasteiger partial charge in [0.15, 0.2) is 5.96 Å². The molecule has 1 aromatic heterocycles. The van der Waals surface area contributed by atoms with Crippen LogP contribution in [0.3, 0.4) is 0 Å². The van der Waals surface area contributed by atoms with Crippen LogP contribution in [0.25, 0.3) is 0 Å². The summed E-state index contributed by atoms with van der Waals surface area (Å²) in [6.07, 6.45) is 0.670. The van der Waals surface area contributed by atoms with E-state index in [0.717, 1.165) is 0 Å². The van der Waals surface area contributed by atoms with E-state index in [1.54, 1.807) is 113 Å². The molecule has 21 atom stereocenters. The van der Waals surface area contributed by atoms with E-state index in [4.69, 9.17) is 22.6 Å². The van der Waals surface area contributed by atoms with Crippen LogP contribution in [-0.4, -0.2) is 284 Å². The maximum atomic E-state index is 14.7. The van der Waals surface area contributed by atoms with E-state index in [1.807, 2.05) is 13.8 Å². The number of amides is 19. The molecule has 0 aliphatic carbocycles. The highest BCUT2D eigenvalue weighted by Crippen LogP contribution is 2.18. The number of aliphatic carboxylic acids is 1. The molecule has 0 saturated heterocycles. The number of aromatic nitrogens is 2. The fourth-order valence-electron chi connectivity index (χ4n) is 14.1. The van der Waals surface area contributed by atoms with Crippen molar-refractivity contribution in [3.63, 3.8) is 0 Å². The first kappa shape index (κ1) is 123. The van der Waals surface area contributed by atoms with E-state index in [2.05, 4.69) is 111 Å². The molecule has 0 spiro atoms. The summed E-state index contributed by atoms with van der Waals surface area (Å²) < 4.78 is 0. The van der Waals surface area contributed by atoms with Crippen molar-refractivity contribution < 1.29 is 111 Å². The number of nitrogens with two attached hydrogens (primary N) is 3. The minimum absolute atomic E-state index is 0.00861. The number of rotatable bonds is 63. The van der Waals surface area contributed by atoms with Crippen molar-refractivity contribution in [1.29, 1.82) is 5.41 Å². The lowest BCUT2D eigenvalue weighted by Crippen LogP contribution is -2.62. The van der Waals surface area contributed by atoms with Gasteiger partial charge in [0.25, 0.3) is 0 Å². The standard InChI is InChI=1S/C92H155N25O23/c1-22-49(14)71(116-90(138)72(56(21)119)117-79(127)59(93)33-43(2)3)89(137)113-65(37-47(10)11)86(134)115-70(48(12)13)88(136)105-55(20)77(125)108-62(34-44(4)5)81(129)102-53(18)76(124)109-66(38-57-27-24-23-25-28-57)85(133)112-64(36-46(8)9)84(132)111-63(35-45(6)7)82(130)101-50(15)73(121)100-51(16)75(123)110-67(39-58-40-97-42-99-58)83(131)103-54(19)78(126)114-68(41-118)87(135)104-52(17)74(122)106-60(29-26-32-98-92(95)96)80(128)107-61(91(139)140)30-31-69(94)120/h23-25,27-28,40,42-56,59-68,70-72,118-119H,22,26,29-39,41,93H2,1-21H3,(H2,94,120)(H,97,99)(H,100,121)(H,101,130)(H,102,129)(H,103,131)(H,104,135)(H,105,136)(H,106,122)(H,107,128)(H,108,125)(H,109,124)(H,110,123)(H,111,132)(H,112,133)(H,113,137)(H,114,126)(H,115,134)(H,116,138)(H,117,127)(H,139,140)(H4,95,96,98)/t49-,50-,51-,52-,53-,54-,55-,56+,59-,60-,61-,62-,63-,64-,65-,66-,67-,68-,70-,71-,72-/m0/s1. The molecule has 786 valence electrons. The topological polar surface area (TPSA) is 761 Å². The van der Waals surface area contributed by atoms with E-state index in [0.29, 0.717) is 24.1 Å². The Labute approximate surface area is 817 Å². The van der Waals surface area contributed by atoms with Gasteiger partial charge in [0.05, 0.1) is 25.1 Å². The first-order chi connectivity index (χ1) is 65.3. The first-order valence-corrected chi connectivity index (χ1v) is 47.4. The van der Waals surface area contributed by atoms with Crippen LogP contribution in [0.4, 0.5) is 0 Å². The van der Waals surface area contributed by atoms with E-state index < -0.39 is 270 Å². The van der Waals surface area contributed by atoms with Gasteiger partial charge in [-0.1, -0.05) is 134 Å². The molecule has 2 rings (SSSR count). The zero-order valence-electron chi connectivity index (χ0n) is 84.2. The summed E-state index contributed by atoms with van der Waals surface area (Å²) in [4.78, 5) is 282. The summed E-state index contributed by atoms with van der Waals surface area (Å²) >= 11 is 0. The third-order valence-corrected chi connectivity index (χ3v) is 22.3. The predicted molar refractivity (Wildman–Crippen MR) is 515 cm³/mol. The second kappa shape index (κ2) is 61.4. The van der Waals surface area contributed by atoms with Gasteiger partial charge >= 0.3 is 5.97 Å². The Morgan fingerprint density at radius 1 is 0.371 bits per heavy atom. The van der Waals surface area contributed by atoms with Crippen molar-refractivity contribution in [3.05, 3.63) is 54.1 Å². The molecular weight excluding hydrogens is 1820 g/mol. The van der Waals surface area contributed by atoms with Crippen molar-refractivity contribution in [2.45, 2.75) is 343 Å². The van der Waals surface area contributed by atoms with Crippen LogP contribution >= 0.6 is 0 Å². The Hall–Kier alpha value is -13.0. The third kappa shape index (κ3) is 45.3. The SMILES string of the molecule is CC[C@H](C)[C@H](NC(=O)[C@@H](NC(=O)[C@@H](N)CC(C)C)[C@@H](C)O)C(=O)N[C@@H](CC(C)C)C(=O)N[C@H](C(=O)N[C@@H](C)C(=O)N[C@@H](CC(C)C)C(=O)N[C@@H](C)C(=O)N[C@@H](Cc1ccccc1)C(=O)N[C@@H](CC(C)C)C(=O)N[C@@H](CC(C)C)C(=O)N[C@@H](C)C(=O)N[C@@H](C)C(=O)N[C@@H](Cc1cnc[nH]1)C(=O)N[C@@H](C)C(=O)N[C@@H](CO)C(=O)N[C@@H](C)C(=O)N[C@@H](CCCNC(=N)N)C(=O)N[C@@H](CCC(N)=O)C(=O)O)C(C)C. The molecule has 1 heterocycles. The highest BCUT2D eigenvalue weighted by atomic mass is 16.4. The number of carboxylic acid groups (broad SMARTS) is 1. The highest BCUT2D eigenvalue weighted by Gasteiger charge is 2.41. The van der Waals surface area contributed by atoms with Crippen molar-refractivity contribution in [3.8, 4) is 0 Å². The molecule has 19 amide bonds. The average molecular weight is 1980 g/mol. The normalized spacial score (nSPS) is 15.9. The number of aromatic amines is 1. The zero-order chi connectivity index (χ0) is 107. The van der Waals surface area contributed by atoms with Crippen LogP contribution in [0.5, 0.6) is 0 Å². The molecule has 30 N–H and O–H groups in total. The van der Waals surface area contributed by atoms with Gasteiger partial charge in [-0.25, -0.2) is 9.78 Å². The Kier molecular flexibility index (Phi) is 54.0. The Bertz CT molecular complexity index is 4480. The van der Waals surface area contributed by atoms with Crippen LogP contribution in [0, 0.1) is 46.8 Å². The minimum atomic E-state index is -1.77. The molecule has 0 radical (unpaired) electrons. The van der Waals surface area contributed by atoms with Gasteiger partial charge in [0.2, 0.25) is 112 Å². The molecule has 0 saturated carbocycles. The second-order valence-corrected chi connectivity index (χ2v) is 38.0. The van der Waals surface area contributed by atoms with E-state index in [1.165, 1.54) is 61.0 Å². The van der Waals surface area contributed by atoms with Gasteiger partial charge in [0, 0.05) is 37.7 Å². The van der Waals surface area contributed by atoms with Crippen LogP contribution in [0.1, 0.15) is 221 Å². The number of nitrogens with zero attached hydrogens (tertiary/aromatic N) is 1. The Balaban J connectivity index is 2.30. The number of primary amides is 1. The number of aliphatic hydroxyl groups excluding tert-OH is 2. The molecule has 48 heteroatoms. The molecule has 48 nitrogen and oxygen atoms in total. The number of imidazole rings is 1. The fourth-order valence-corrected chi connectivity index (χ4v) is 14.1. The van der Waals surface area contributed by atoms with Gasteiger partial charge in [-0.3, -0.25) is 96.5 Å². The number of hydrogen-bond donors (Lipinski definition) is 27. The van der Waals surface area contributed by atoms with Crippen molar-refractivity contribution in [2.24, 2.45) is 58.6 Å². The molecule has 0 fully saturated rings. The van der Waals surface area contributed by atoms with Crippen LogP contribution in [0.2, 0.25) is 0 Å². The van der Waals surface area contributed by atoms with Crippen LogP contribution in [0.15, 0.2) is 42.9 Å². The summed E-state index contributed by atoms with van der Waals surface area (Å²) in [6.45, 7) is 32.5. The monoisotopic (exact) mass is 1980 g/mol. The maximum Gasteiger partial charge on any atom is 0.326 e. The molecule has 1 aromatic carbocycles. The molecule has 0 aliphatic rings. The van der Waals surface area contributed by atoms with Gasteiger partial charge in [-0.05, 0) is 147 Å². The number of carbonyl (C=O) groups excluding carboxylic acids is 19. The molecular formula is C92H155N25O23. The highest BCUT2D eigenvalue weighted by molar-refractivity contribution is 6.02. The van der Waals surface area contributed by atoms with E-state index in [-0.39, 0.29) is 93.9 Å². The van der Waals surface area contributed by atoms with Gasteiger partial charge in [0.1, 0.15) is 109 Å². The number of carboxylic acids is 1. The van der Waals surface area contributed by atoms with Crippen molar-refractivity contribution in [2.75, 3.05) is 13.2 Å². The average Bonchev–Trinajstić information content (AvgIpc) is 1.24. The van der Waals surface area contributed by atoms with Crippen molar-refractivity contribution >= 4 is 124 Å². The minimum Gasteiger partial charge on any atom is -0.480 e. The van der Waals surface area contributed by atoms with Gasteiger partial charge in [-0.15, -0.1) is 0 Å². The van der Waals surface area contributed by atoms with Gasteiger partial charge < -0.3 is 139 Å². The summed E-state index contributed by atoms with van der Waals surface area (Å²) in [7, 11) is 0. The lowest BCUT2D eigenvalue weighted by Gasteiger charge is -2.31. The molecule has 2 aromatic rings. The zero-order valence-corrected chi connectivity index (χ0v) is 84.2. The molecule has 0 unspecified atom stereocenters. The number of guanidine groups is 1.